The van der Waals surface area contributed by atoms with Crippen molar-refractivity contribution in [3.05, 3.63) is 94.5 Å². The minimum atomic E-state index is -0.341. The first-order valence-corrected chi connectivity index (χ1v) is 10.1. The van der Waals surface area contributed by atoms with E-state index in [2.05, 4.69) is 5.32 Å². The molecule has 3 aromatic carbocycles. The average Bonchev–Trinajstić information content (AvgIpc) is 2.81. The predicted molar refractivity (Wildman–Crippen MR) is 119 cm³/mol. The fraction of sp³-hybridized carbons (Fsp3) is 0.167. The van der Waals surface area contributed by atoms with E-state index in [1.165, 1.54) is 7.11 Å². The van der Waals surface area contributed by atoms with Crippen LogP contribution in [0.3, 0.4) is 0 Å². The van der Waals surface area contributed by atoms with Gasteiger partial charge in [-0.2, -0.15) is 0 Å². The highest BCUT2D eigenvalue weighted by atomic mass is 35.5. The van der Waals surface area contributed by atoms with Crippen molar-refractivity contribution in [1.29, 1.82) is 0 Å². The number of esters is 1. The zero-order chi connectivity index (χ0) is 22.2. The molecule has 0 saturated heterocycles. The maximum atomic E-state index is 12.9. The number of anilines is 1. The Morgan fingerprint density at radius 2 is 1.71 bits per heavy atom. The number of benzene rings is 3. The van der Waals surface area contributed by atoms with E-state index in [0.717, 1.165) is 11.1 Å². The minimum absolute atomic E-state index is 0.119. The topological polar surface area (TPSA) is 81.2 Å². The molecule has 0 heterocycles. The van der Waals surface area contributed by atoms with Crippen molar-refractivity contribution in [2.24, 2.45) is 0 Å². The van der Waals surface area contributed by atoms with Gasteiger partial charge in [0.15, 0.2) is 6.54 Å². The van der Waals surface area contributed by atoms with Crippen LogP contribution in [-0.2, 0) is 9.53 Å². The van der Waals surface area contributed by atoms with E-state index in [1.54, 1.807) is 49.6 Å². The van der Waals surface area contributed by atoms with Crippen molar-refractivity contribution in [2.45, 2.75) is 6.04 Å². The van der Waals surface area contributed by atoms with E-state index < -0.39 is 0 Å². The van der Waals surface area contributed by atoms with E-state index in [9.17, 15) is 9.59 Å². The highest BCUT2D eigenvalue weighted by Crippen LogP contribution is 2.29. The van der Waals surface area contributed by atoms with Crippen LogP contribution in [0.25, 0.3) is 0 Å². The van der Waals surface area contributed by atoms with E-state index in [0.29, 0.717) is 22.0 Å². The van der Waals surface area contributed by atoms with Gasteiger partial charge in [-0.15, -0.1) is 0 Å². The highest BCUT2D eigenvalue weighted by Gasteiger charge is 2.23. The number of ether oxygens (including phenoxy) is 2. The molecule has 0 unspecified atom stereocenters. The number of hydrogen-bond acceptors (Lipinski definition) is 4. The van der Waals surface area contributed by atoms with Crippen LogP contribution in [0.4, 0.5) is 5.69 Å². The molecule has 0 bridgehead atoms. The highest BCUT2D eigenvalue weighted by molar-refractivity contribution is 6.30. The average molecular weight is 440 g/mol. The number of nitrogens with one attached hydrogen (secondary N) is 1. The molecule has 0 aliphatic carbocycles. The fourth-order valence-corrected chi connectivity index (χ4v) is 3.42. The lowest BCUT2D eigenvalue weighted by molar-refractivity contribution is -0.677. The van der Waals surface area contributed by atoms with Crippen LogP contribution < -0.4 is 15.4 Å². The number of nitrogens with two attached hydrogens (primary N) is 1. The second-order valence-corrected chi connectivity index (χ2v) is 7.25. The van der Waals surface area contributed by atoms with Gasteiger partial charge in [0.2, 0.25) is 0 Å². The largest absolute Gasteiger partial charge is 0.497 e. The van der Waals surface area contributed by atoms with Gasteiger partial charge in [-0.1, -0.05) is 41.9 Å². The standard InChI is InChI=1S/C24H23ClN2O4/c1-30-19-11-8-17(9-12-19)24(29)27-21-13-10-18(25)14-20(21)23(26-15-22(28)31-2)16-6-4-3-5-7-16/h3-14,23,26H,15H2,1-2H3,(H,27,29)/p+1/t23-/m1/s1. The van der Waals surface area contributed by atoms with Crippen LogP contribution in [0.2, 0.25) is 5.02 Å². The number of rotatable bonds is 8. The number of amides is 1. The molecule has 31 heavy (non-hydrogen) atoms. The summed E-state index contributed by atoms with van der Waals surface area (Å²) in [5, 5.41) is 5.36. The molecule has 6 nitrogen and oxygen atoms in total. The van der Waals surface area contributed by atoms with E-state index in [4.69, 9.17) is 21.1 Å². The van der Waals surface area contributed by atoms with Gasteiger partial charge in [0.25, 0.3) is 5.91 Å². The lowest BCUT2D eigenvalue weighted by Crippen LogP contribution is -2.87. The molecule has 160 valence electrons. The molecule has 1 amide bonds. The molecular weight excluding hydrogens is 416 g/mol. The number of hydrogen-bond donors (Lipinski definition) is 2. The van der Waals surface area contributed by atoms with Crippen molar-refractivity contribution in [3.8, 4) is 5.75 Å². The van der Waals surface area contributed by atoms with Gasteiger partial charge in [-0.05, 0) is 42.5 Å². The Hall–Kier alpha value is -3.35. The van der Waals surface area contributed by atoms with E-state index in [-0.39, 0.29) is 24.5 Å². The van der Waals surface area contributed by atoms with E-state index >= 15 is 0 Å². The predicted octanol–water partition coefficient (Wildman–Crippen LogP) is 3.43. The summed E-state index contributed by atoms with van der Waals surface area (Å²) < 4.78 is 9.94. The first kappa shape index (κ1) is 22.3. The summed E-state index contributed by atoms with van der Waals surface area (Å²) in [5.41, 5.74) is 2.86. The Morgan fingerprint density at radius 1 is 1.00 bits per heavy atom. The van der Waals surface area contributed by atoms with Gasteiger partial charge in [0, 0.05) is 21.7 Å². The normalized spacial score (nSPS) is 11.5. The van der Waals surface area contributed by atoms with Crippen molar-refractivity contribution in [3.63, 3.8) is 0 Å². The molecule has 3 aromatic rings. The van der Waals surface area contributed by atoms with Gasteiger partial charge in [0.1, 0.15) is 11.8 Å². The summed E-state index contributed by atoms with van der Waals surface area (Å²) in [6.45, 7) is 0.119. The monoisotopic (exact) mass is 439 g/mol. The maximum Gasteiger partial charge on any atom is 0.361 e. The molecule has 7 heteroatoms. The molecule has 3 rings (SSSR count). The van der Waals surface area contributed by atoms with Gasteiger partial charge in [0.05, 0.1) is 19.9 Å². The van der Waals surface area contributed by atoms with Crippen LogP contribution in [-0.4, -0.2) is 32.6 Å². The molecule has 0 radical (unpaired) electrons. The minimum Gasteiger partial charge on any atom is -0.497 e. The van der Waals surface area contributed by atoms with Crippen LogP contribution >= 0.6 is 11.6 Å². The van der Waals surface area contributed by atoms with Gasteiger partial charge in [-0.3, -0.25) is 4.79 Å². The van der Waals surface area contributed by atoms with Crippen LogP contribution in [0, 0.1) is 0 Å². The third-order valence-corrected chi connectivity index (χ3v) is 5.09. The van der Waals surface area contributed by atoms with Crippen molar-refractivity contribution in [2.75, 3.05) is 26.1 Å². The number of carbonyl (C=O) groups excluding carboxylic acids is 2. The van der Waals surface area contributed by atoms with Crippen molar-refractivity contribution < 1.29 is 24.4 Å². The second kappa shape index (κ2) is 10.6. The van der Waals surface area contributed by atoms with E-state index in [1.807, 2.05) is 35.6 Å². The lowest BCUT2D eigenvalue weighted by Gasteiger charge is -2.20. The van der Waals surface area contributed by atoms with Crippen LogP contribution in [0.1, 0.15) is 27.5 Å². The Bertz CT molecular complexity index is 1040. The molecule has 0 fully saturated rings. The third kappa shape index (κ3) is 5.84. The molecule has 0 aromatic heterocycles. The summed E-state index contributed by atoms with van der Waals surface area (Å²) >= 11 is 6.29. The Kier molecular flexibility index (Phi) is 7.65. The molecule has 0 spiro atoms. The van der Waals surface area contributed by atoms with Crippen LogP contribution in [0.15, 0.2) is 72.8 Å². The summed E-state index contributed by atoms with van der Waals surface area (Å²) in [5.74, 6) is 0.0723. The third-order valence-electron chi connectivity index (χ3n) is 4.86. The SMILES string of the molecule is COC(=O)C[NH2+][C@H](c1ccccc1)c1cc(Cl)ccc1NC(=O)c1ccc(OC)cc1. The number of methoxy groups -OCH3 is 2. The van der Waals surface area contributed by atoms with Gasteiger partial charge >= 0.3 is 5.97 Å². The first-order valence-electron chi connectivity index (χ1n) is 9.71. The fourth-order valence-electron chi connectivity index (χ4n) is 3.24. The quantitative estimate of drug-likeness (QED) is 0.527. The molecule has 3 N–H and O–H groups in total. The van der Waals surface area contributed by atoms with Crippen LogP contribution in [0.5, 0.6) is 5.75 Å². The van der Waals surface area contributed by atoms with Crippen molar-refractivity contribution >= 4 is 29.2 Å². The Morgan fingerprint density at radius 3 is 2.35 bits per heavy atom. The zero-order valence-electron chi connectivity index (χ0n) is 17.3. The van der Waals surface area contributed by atoms with Crippen molar-refractivity contribution in [1.82, 2.24) is 0 Å². The maximum absolute atomic E-state index is 12.9. The smallest absolute Gasteiger partial charge is 0.361 e. The Balaban J connectivity index is 1.94. The van der Waals surface area contributed by atoms with Gasteiger partial charge < -0.3 is 20.1 Å². The molecular formula is C24H24ClN2O4+. The molecule has 1 atom stereocenters. The summed E-state index contributed by atoms with van der Waals surface area (Å²) in [7, 11) is 2.93. The molecule has 0 saturated carbocycles. The number of carbonyl (C=O) groups is 2. The van der Waals surface area contributed by atoms with Gasteiger partial charge in [-0.25, -0.2) is 4.79 Å². The lowest BCUT2D eigenvalue weighted by atomic mass is 9.96. The number of quaternary nitrogens is 1. The molecule has 0 aliphatic heterocycles. The summed E-state index contributed by atoms with van der Waals surface area (Å²) in [4.78, 5) is 24.6. The summed E-state index contributed by atoms with van der Waals surface area (Å²) in [6, 6.07) is 21.6. The molecule has 0 aliphatic rings. The second-order valence-electron chi connectivity index (χ2n) is 6.82. The summed E-state index contributed by atoms with van der Waals surface area (Å²) in [6.07, 6.45) is 0. The first-order chi connectivity index (χ1) is 15.0. The Labute approximate surface area is 186 Å². The number of halogens is 1. The zero-order valence-corrected chi connectivity index (χ0v) is 18.1.